The Morgan fingerprint density at radius 1 is 1.52 bits per heavy atom. The van der Waals surface area contributed by atoms with E-state index in [0.717, 1.165) is 34.2 Å². The molecule has 1 amide bonds. The van der Waals surface area contributed by atoms with Crippen molar-refractivity contribution in [1.29, 1.82) is 0 Å². The van der Waals surface area contributed by atoms with Crippen molar-refractivity contribution >= 4 is 28.1 Å². The highest BCUT2D eigenvalue weighted by atomic mass is 79.9. The zero-order valence-electron chi connectivity index (χ0n) is 12.7. The number of nitrogens with zero attached hydrogens (tertiary/aromatic N) is 1. The summed E-state index contributed by atoms with van der Waals surface area (Å²) < 4.78 is 12.4. The normalized spacial score (nSPS) is 27.8. The largest absolute Gasteiger partial charge is 0.495 e. The number of carbonyl (C=O) groups excluding carboxylic acids is 2. The highest BCUT2D eigenvalue weighted by Crippen LogP contribution is 2.55. The van der Waals surface area contributed by atoms with Crippen molar-refractivity contribution in [3.63, 3.8) is 0 Å². The van der Waals surface area contributed by atoms with Gasteiger partial charge in [-0.2, -0.15) is 0 Å². The summed E-state index contributed by atoms with van der Waals surface area (Å²) in [6.07, 6.45) is 5.42. The predicted octanol–water partition coefficient (Wildman–Crippen LogP) is 2.35. The summed E-state index contributed by atoms with van der Waals surface area (Å²) in [6.45, 7) is 1.13. The maximum Gasteiger partial charge on any atom is 0.210 e. The van der Waals surface area contributed by atoms with Gasteiger partial charge in [0.25, 0.3) is 0 Å². The molecule has 3 aliphatic rings. The lowest BCUT2D eigenvalue weighted by atomic mass is 9.69. The summed E-state index contributed by atoms with van der Waals surface area (Å²) >= 11 is 3.62. The van der Waals surface area contributed by atoms with Gasteiger partial charge >= 0.3 is 0 Å². The van der Waals surface area contributed by atoms with E-state index in [4.69, 9.17) is 9.47 Å². The Balaban J connectivity index is 1.99. The third kappa shape index (κ3) is 1.97. The van der Waals surface area contributed by atoms with Gasteiger partial charge in [0.1, 0.15) is 17.6 Å². The number of methoxy groups -OCH3 is 1. The first-order chi connectivity index (χ1) is 11.1. The number of carbonyl (C=O) groups is 2. The van der Waals surface area contributed by atoms with Crippen LogP contribution >= 0.6 is 15.9 Å². The summed E-state index contributed by atoms with van der Waals surface area (Å²) in [5, 5.41) is 0. The minimum atomic E-state index is -0.342. The Morgan fingerprint density at radius 3 is 3.09 bits per heavy atom. The first-order valence-corrected chi connectivity index (χ1v) is 8.36. The number of hydrogen-bond acceptors (Lipinski definition) is 4. The van der Waals surface area contributed by atoms with Gasteiger partial charge in [-0.1, -0.05) is 6.08 Å². The van der Waals surface area contributed by atoms with Crippen molar-refractivity contribution in [1.82, 2.24) is 4.90 Å². The fraction of sp³-hybridized carbons (Fsp3) is 0.412. The number of ketones is 1. The molecule has 5 nitrogen and oxygen atoms in total. The van der Waals surface area contributed by atoms with Gasteiger partial charge in [0.2, 0.25) is 6.41 Å². The van der Waals surface area contributed by atoms with E-state index in [1.807, 2.05) is 12.1 Å². The molecule has 1 aromatic carbocycles. The highest BCUT2D eigenvalue weighted by molar-refractivity contribution is 9.10. The minimum absolute atomic E-state index is 0.0810. The topological polar surface area (TPSA) is 55.8 Å². The number of benzene rings is 1. The minimum Gasteiger partial charge on any atom is -0.495 e. The van der Waals surface area contributed by atoms with Crippen LogP contribution in [0.2, 0.25) is 0 Å². The van der Waals surface area contributed by atoms with E-state index in [2.05, 4.69) is 15.9 Å². The third-order valence-electron chi connectivity index (χ3n) is 5.10. The van der Waals surface area contributed by atoms with Crippen molar-refractivity contribution in [2.24, 2.45) is 0 Å². The maximum atomic E-state index is 11.8. The van der Waals surface area contributed by atoms with Crippen LogP contribution in [0.4, 0.5) is 0 Å². The van der Waals surface area contributed by atoms with Gasteiger partial charge in [-0.15, -0.1) is 0 Å². The molecule has 0 fully saturated rings. The molecular formula is C17H16BrNO4. The molecule has 1 aromatic rings. The van der Waals surface area contributed by atoms with E-state index in [-0.39, 0.29) is 17.3 Å². The van der Waals surface area contributed by atoms with Gasteiger partial charge in [-0.05, 0) is 34.0 Å². The lowest BCUT2D eigenvalue weighted by Crippen LogP contribution is -2.41. The zero-order valence-corrected chi connectivity index (χ0v) is 14.3. The molecule has 0 saturated carbocycles. The smallest absolute Gasteiger partial charge is 0.210 e. The van der Waals surface area contributed by atoms with Crippen molar-refractivity contribution < 1.29 is 19.1 Å². The average Bonchev–Trinajstić information content (AvgIpc) is 2.75. The summed E-state index contributed by atoms with van der Waals surface area (Å²) in [4.78, 5) is 25.0. The van der Waals surface area contributed by atoms with Crippen LogP contribution in [0.5, 0.6) is 11.5 Å². The Bertz CT molecular complexity index is 745. The monoisotopic (exact) mass is 377 g/mol. The van der Waals surface area contributed by atoms with Crippen LogP contribution in [0.15, 0.2) is 22.7 Å². The number of allylic oxidation sites excluding steroid dienone is 1. The van der Waals surface area contributed by atoms with Crippen molar-refractivity contribution in [2.75, 3.05) is 13.7 Å². The van der Waals surface area contributed by atoms with E-state index in [0.29, 0.717) is 25.3 Å². The molecule has 120 valence electrons. The third-order valence-corrected chi connectivity index (χ3v) is 5.97. The second kappa shape index (κ2) is 5.09. The second-order valence-electron chi connectivity index (χ2n) is 6.22. The first kappa shape index (κ1) is 14.8. The molecule has 2 heterocycles. The van der Waals surface area contributed by atoms with E-state index in [1.165, 1.54) is 0 Å². The Hall–Kier alpha value is -1.82. The molecule has 0 radical (unpaired) electrons. The predicted molar refractivity (Wildman–Crippen MR) is 86.6 cm³/mol. The van der Waals surface area contributed by atoms with Crippen LogP contribution < -0.4 is 9.47 Å². The Kier molecular flexibility index (Phi) is 3.27. The van der Waals surface area contributed by atoms with Gasteiger partial charge in [0.15, 0.2) is 5.78 Å². The SMILES string of the molecule is COc1cc2c3c(c1Br)CN(C=O)CC[C@]31C=CC(=O)C[C@@H]1O2. The van der Waals surface area contributed by atoms with Crippen molar-refractivity contribution in [3.8, 4) is 11.5 Å². The molecule has 6 heteroatoms. The van der Waals surface area contributed by atoms with Crippen LogP contribution in [0.1, 0.15) is 24.0 Å². The zero-order chi connectivity index (χ0) is 16.2. The van der Waals surface area contributed by atoms with Gasteiger partial charge in [-0.3, -0.25) is 9.59 Å². The number of amides is 1. The average molecular weight is 378 g/mol. The number of rotatable bonds is 2. The van der Waals surface area contributed by atoms with E-state index >= 15 is 0 Å². The van der Waals surface area contributed by atoms with Gasteiger partial charge in [0.05, 0.1) is 17.0 Å². The van der Waals surface area contributed by atoms with Gasteiger partial charge < -0.3 is 14.4 Å². The van der Waals surface area contributed by atoms with Crippen LogP contribution in [-0.2, 0) is 21.5 Å². The number of halogens is 1. The quantitative estimate of drug-likeness (QED) is 0.742. The highest BCUT2D eigenvalue weighted by Gasteiger charge is 2.52. The molecule has 4 rings (SSSR count). The molecule has 0 aromatic heterocycles. The number of ether oxygens (including phenoxy) is 2. The maximum absolute atomic E-state index is 11.8. The Morgan fingerprint density at radius 2 is 2.35 bits per heavy atom. The summed E-state index contributed by atoms with van der Waals surface area (Å²) in [7, 11) is 1.61. The molecule has 0 unspecified atom stereocenters. The van der Waals surface area contributed by atoms with E-state index in [1.54, 1.807) is 18.1 Å². The molecule has 0 saturated heterocycles. The fourth-order valence-corrected chi connectivity index (χ4v) is 4.56. The van der Waals surface area contributed by atoms with Crippen LogP contribution in [0, 0.1) is 0 Å². The van der Waals surface area contributed by atoms with Gasteiger partial charge in [0, 0.05) is 31.1 Å². The molecular weight excluding hydrogens is 362 g/mol. The van der Waals surface area contributed by atoms with Gasteiger partial charge in [-0.25, -0.2) is 0 Å². The standard InChI is InChI=1S/C17H16BrNO4/c1-22-13-7-12-15-11(16(13)18)8-19(9-20)5-4-17(15)3-2-10(21)6-14(17)23-12/h2-3,7,9,14H,4-6,8H2,1H3/t14-,17-/m0/s1. The Labute approximate surface area is 142 Å². The summed E-state index contributed by atoms with van der Waals surface area (Å²) in [6, 6.07) is 1.87. The molecule has 0 bridgehead atoms. The molecule has 1 aliphatic carbocycles. The fourth-order valence-electron chi connectivity index (χ4n) is 3.96. The van der Waals surface area contributed by atoms with Crippen molar-refractivity contribution in [3.05, 3.63) is 33.8 Å². The molecule has 2 aliphatic heterocycles. The summed E-state index contributed by atoms with van der Waals surface area (Å²) in [5.74, 6) is 1.52. The molecule has 0 N–H and O–H groups in total. The van der Waals surface area contributed by atoms with Crippen LogP contribution in [-0.4, -0.2) is 36.9 Å². The molecule has 1 spiro atoms. The molecule has 23 heavy (non-hydrogen) atoms. The summed E-state index contributed by atoms with van der Waals surface area (Å²) in [5.41, 5.74) is 1.75. The molecule has 2 atom stereocenters. The van der Waals surface area contributed by atoms with Crippen molar-refractivity contribution in [2.45, 2.75) is 30.9 Å². The second-order valence-corrected chi connectivity index (χ2v) is 7.01. The first-order valence-electron chi connectivity index (χ1n) is 7.57. The van der Waals surface area contributed by atoms with Crippen LogP contribution in [0.25, 0.3) is 0 Å². The van der Waals surface area contributed by atoms with E-state index in [9.17, 15) is 9.59 Å². The number of hydrogen-bond donors (Lipinski definition) is 0. The van der Waals surface area contributed by atoms with E-state index < -0.39 is 0 Å². The van der Waals surface area contributed by atoms with Crippen LogP contribution in [0.3, 0.4) is 0 Å². The lowest BCUT2D eigenvalue weighted by Gasteiger charge is -2.33. The lowest BCUT2D eigenvalue weighted by molar-refractivity contribution is -0.119.